The zero-order valence-corrected chi connectivity index (χ0v) is 11.6. The van der Waals surface area contributed by atoms with Crippen LogP contribution < -0.4 is 5.32 Å². The fourth-order valence-corrected chi connectivity index (χ4v) is 1.35. The predicted octanol–water partition coefficient (Wildman–Crippen LogP) is 1.32. The molecule has 0 aromatic heterocycles. The fourth-order valence-electron chi connectivity index (χ4n) is 1.35. The molecule has 2 N–H and O–H groups in total. The van der Waals surface area contributed by atoms with Crippen LogP contribution in [0.4, 0.5) is 4.79 Å². The number of ether oxygens (including phenoxy) is 2. The van der Waals surface area contributed by atoms with Gasteiger partial charge < -0.3 is 19.9 Å². The quantitative estimate of drug-likeness (QED) is 0.735. The Balaban J connectivity index is 2.16. The van der Waals surface area contributed by atoms with Crippen molar-refractivity contribution >= 4 is 18.0 Å². The lowest BCUT2D eigenvalue weighted by Crippen LogP contribution is -2.29. The number of carboxylic acid groups (broad SMARTS) is 1. The van der Waals surface area contributed by atoms with E-state index in [2.05, 4.69) is 10.1 Å². The molecule has 0 radical (unpaired) electrons. The molecule has 0 spiro atoms. The van der Waals surface area contributed by atoms with E-state index < -0.39 is 24.1 Å². The molecule has 0 bridgehead atoms. The van der Waals surface area contributed by atoms with Gasteiger partial charge in [-0.1, -0.05) is 30.3 Å². The largest absolute Gasteiger partial charge is 0.479 e. The lowest BCUT2D eigenvalue weighted by molar-refractivity contribution is -0.162. The maximum Gasteiger partial charge on any atom is 0.407 e. The van der Waals surface area contributed by atoms with Gasteiger partial charge in [0.05, 0.1) is 6.42 Å². The van der Waals surface area contributed by atoms with Gasteiger partial charge in [0.2, 0.25) is 0 Å². The molecule has 0 heterocycles. The summed E-state index contributed by atoms with van der Waals surface area (Å²) in [4.78, 5) is 33.1. The Bertz CT molecular complexity index is 487. The minimum atomic E-state index is -1.22. The van der Waals surface area contributed by atoms with Crippen molar-refractivity contribution in [2.24, 2.45) is 0 Å². The topological polar surface area (TPSA) is 102 Å². The Morgan fingerprint density at radius 2 is 1.90 bits per heavy atom. The summed E-state index contributed by atoms with van der Waals surface area (Å²) in [5, 5.41) is 10.9. The molecule has 0 unspecified atom stereocenters. The molecule has 0 saturated heterocycles. The van der Waals surface area contributed by atoms with Gasteiger partial charge in [0.1, 0.15) is 6.61 Å². The van der Waals surface area contributed by atoms with Crippen LogP contribution in [0.25, 0.3) is 0 Å². The summed E-state index contributed by atoms with van der Waals surface area (Å²) in [6, 6.07) is 9.15. The van der Waals surface area contributed by atoms with E-state index in [1.165, 1.54) is 6.92 Å². The van der Waals surface area contributed by atoms with E-state index in [1.807, 2.05) is 30.3 Å². The molecular weight excluding hydrogens is 278 g/mol. The van der Waals surface area contributed by atoms with Crippen molar-refractivity contribution in [1.82, 2.24) is 5.32 Å². The van der Waals surface area contributed by atoms with Crippen molar-refractivity contribution in [3.05, 3.63) is 35.9 Å². The summed E-state index contributed by atoms with van der Waals surface area (Å²) >= 11 is 0. The highest BCUT2D eigenvalue weighted by molar-refractivity contribution is 5.78. The van der Waals surface area contributed by atoms with Crippen LogP contribution in [0.2, 0.25) is 0 Å². The van der Waals surface area contributed by atoms with Crippen LogP contribution >= 0.6 is 0 Å². The van der Waals surface area contributed by atoms with Crippen LogP contribution in [0.15, 0.2) is 30.3 Å². The molecule has 21 heavy (non-hydrogen) atoms. The summed E-state index contributed by atoms with van der Waals surface area (Å²) in [6.07, 6.45) is -1.99. The molecule has 1 aromatic rings. The summed E-state index contributed by atoms with van der Waals surface area (Å²) in [6.45, 7) is 1.40. The molecular formula is C14H17NO6. The second kappa shape index (κ2) is 8.57. The average Bonchev–Trinajstić information content (AvgIpc) is 2.46. The van der Waals surface area contributed by atoms with Crippen LogP contribution in [0.5, 0.6) is 0 Å². The molecule has 1 atom stereocenters. The molecule has 7 heteroatoms. The highest BCUT2D eigenvalue weighted by Crippen LogP contribution is 2.00. The van der Waals surface area contributed by atoms with Crippen LogP contribution in [-0.4, -0.2) is 35.8 Å². The van der Waals surface area contributed by atoms with E-state index in [0.29, 0.717) is 0 Å². The van der Waals surface area contributed by atoms with E-state index in [9.17, 15) is 14.4 Å². The maximum absolute atomic E-state index is 11.3. The van der Waals surface area contributed by atoms with Gasteiger partial charge in [0, 0.05) is 6.54 Å². The van der Waals surface area contributed by atoms with Gasteiger partial charge in [-0.05, 0) is 12.5 Å². The Hall–Kier alpha value is -2.57. The van der Waals surface area contributed by atoms with Crippen LogP contribution in [-0.2, 0) is 25.7 Å². The molecule has 0 aliphatic rings. The molecule has 0 aliphatic carbocycles. The van der Waals surface area contributed by atoms with E-state index in [4.69, 9.17) is 9.84 Å². The number of carbonyl (C=O) groups is 3. The number of rotatable bonds is 7. The van der Waals surface area contributed by atoms with Crippen molar-refractivity contribution in [3.63, 3.8) is 0 Å². The van der Waals surface area contributed by atoms with Crippen LogP contribution in [0, 0.1) is 0 Å². The monoisotopic (exact) mass is 295 g/mol. The highest BCUT2D eigenvalue weighted by atomic mass is 16.6. The maximum atomic E-state index is 11.3. The van der Waals surface area contributed by atoms with Crippen molar-refractivity contribution in [1.29, 1.82) is 0 Å². The molecule has 1 rings (SSSR count). The van der Waals surface area contributed by atoms with Gasteiger partial charge >= 0.3 is 18.0 Å². The summed E-state index contributed by atoms with van der Waals surface area (Å²) in [5.74, 6) is -1.92. The number of amides is 1. The number of hydrogen-bond donors (Lipinski definition) is 2. The van der Waals surface area contributed by atoms with Crippen molar-refractivity contribution < 1.29 is 29.0 Å². The minimum Gasteiger partial charge on any atom is -0.479 e. The van der Waals surface area contributed by atoms with Crippen molar-refractivity contribution in [2.75, 3.05) is 6.54 Å². The highest BCUT2D eigenvalue weighted by Gasteiger charge is 2.16. The van der Waals surface area contributed by atoms with E-state index in [-0.39, 0.29) is 19.6 Å². The van der Waals surface area contributed by atoms with Crippen molar-refractivity contribution in [2.45, 2.75) is 26.1 Å². The third kappa shape index (κ3) is 6.95. The minimum absolute atomic E-state index is 0.0127. The second-order valence-electron chi connectivity index (χ2n) is 4.21. The molecule has 0 fully saturated rings. The third-order valence-corrected chi connectivity index (χ3v) is 2.47. The molecule has 0 aliphatic heterocycles. The molecule has 114 valence electrons. The SMILES string of the molecule is C[C@H](OC(=O)CCNC(=O)OCc1ccccc1)C(=O)O. The Kier molecular flexibility index (Phi) is 6.73. The summed E-state index contributed by atoms with van der Waals surface area (Å²) in [7, 11) is 0. The lowest BCUT2D eigenvalue weighted by atomic mass is 10.2. The standard InChI is InChI=1S/C14H17NO6/c1-10(13(17)18)21-12(16)7-8-15-14(19)20-9-11-5-3-2-4-6-11/h2-6,10H,7-9H2,1H3,(H,15,19)(H,17,18)/t10-/m0/s1. The number of aliphatic carboxylic acids is 1. The zero-order valence-electron chi connectivity index (χ0n) is 11.6. The molecule has 1 amide bonds. The van der Waals surface area contributed by atoms with E-state index in [1.54, 1.807) is 0 Å². The number of hydrogen-bond acceptors (Lipinski definition) is 5. The van der Waals surface area contributed by atoms with Gasteiger partial charge in [-0.3, -0.25) is 4.79 Å². The lowest BCUT2D eigenvalue weighted by Gasteiger charge is -2.09. The Labute approximate surface area is 121 Å². The Morgan fingerprint density at radius 1 is 1.24 bits per heavy atom. The van der Waals surface area contributed by atoms with E-state index >= 15 is 0 Å². The van der Waals surface area contributed by atoms with Gasteiger partial charge in [-0.25, -0.2) is 9.59 Å². The van der Waals surface area contributed by atoms with E-state index in [0.717, 1.165) is 5.56 Å². The normalized spacial score (nSPS) is 11.3. The van der Waals surface area contributed by atoms with Gasteiger partial charge in [0.25, 0.3) is 0 Å². The molecule has 1 aromatic carbocycles. The second-order valence-corrected chi connectivity index (χ2v) is 4.21. The van der Waals surface area contributed by atoms with Gasteiger partial charge in [-0.2, -0.15) is 0 Å². The first kappa shape index (κ1) is 16.5. The molecule has 0 saturated carbocycles. The summed E-state index contributed by atoms with van der Waals surface area (Å²) in [5.41, 5.74) is 0.849. The smallest absolute Gasteiger partial charge is 0.407 e. The Morgan fingerprint density at radius 3 is 2.52 bits per heavy atom. The van der Waals surface area contributed by atoms with Crippen LogP contribution in [0.3, 0.4) is 0 Å². The number of benzene rings is 1. The number of carbonyl (C=O) groups excluding carboxylic acids is 2. The number of alkyl carbamates (subject to hydrolysis) is 1. The van der Waals surface area contributed by atoms with Crippen LogP contribution in [0.1, 0.15) is 18.9 Å². The first-order valence-electron chi connectivity index (χ1n) is 6.36. The van der Waals surface area contributed by atoms with Gasteiger partial charge in [0.15, 0.2) is 6.10 Å². The first-order valence-corrected chi connectivity index (χ1v) is 6.36. The third-order valence-electron chi connectivity index (χ3n) is 2.47. The zero-order chi connectivity index (χ0) is 15.7. The predicted molar refractivity (Wildman–Crippen MR) is 72.4 cm³/mol. The fraction of sp³-hybridized carbons (Fsp3) is 0.357. The number of carboxylic acids is 1. The number of esters is 1. The number of nitrogens with one attached hydrogen (secondary N) is 1. The van der Waals surface area contributed by atoms with Crippen molar-refractivity contribution in [3.8, 4) is 0 Å². The van der Waals surface area contributed by atoms with Gasteiger partial charge in [-0.15, -0.1) is 0 Å². The summed E-state index contributed by atoms with van der Waals surface area (Å²) < 4.78 is 9.53. The first-order chi connectivity index (χ1) is 9.99. The molecule has 7 nitrogen and oxygen atoms in total. The average molecular weight is 295 g/mol.